The minimum absolute atomic E-state index is 0.271. The van der Waals surface area contributed by atoms with Crippen LogP contribution in [0, 0.1) is 0 Å². The molecule has 0 saturated carbocycles. The number of amides is 1. The van der Waals surface area contributed by atoms with Gasteiger partial charge in [-0.05, 0) is 30.2 Å². The van der Waals surface area contributed by atoms with Crippen LogP contribution in [0.4, 0.5) is 5.69 Å². The van der Waals surface area contributed by atoms with Crippen LogP contribution in [0.5, 0.6) is 17.2 Å². The topological polar surface area (TPSA) is 111 Å². The zero-order chi connectivity index (χ0) is 19.9. The molecule has 1 aromatic heterocycles. The van der Waals surface area contributed by atoms with E-state index < -0.39 is 5.92 Å². The van der Waals surface area contributed by atoms with E-state index in [1.165, 1.54) is 0 Å². The lowest BCUT2D eigenvalue weighted by molar-refractivity contribution is -0.117. The van der Waals surface area contributed by atoms with Gasteiger partial charge in [-0.3, -0.25) is 4.79 Å². The van der Waals surface area contributed by atoms with Crippen molar-refractivity contribution >= 4 is 11.6 Å². The standard InChI is InChI=1S/C19H21N5O4/c1-26-14-6-4-5-13(10-14)20-19(25)16(18-21-23-24-22-18)9-12-7-8-15(27-2)11-17(12)28-3/h4-8,10-11,16H,9H2,1-3H3,(H,20,25)(H,21,22,23,24)/t16-/m1/s1. The van der Waals surface area contributed by atoms with Crippen LogP contribution in [0.15, 0.2) is 42.5 Å². The highest BCUT2D eigenvalue weighted by Crippen LogP contribution is 2.29. The molecule has 1 heterocycles. The van der Waals surface area contributed by atoms with Crippen LogP contribution in [0.1, 0.15) is 17.3 Å². The van der Waals surface area contributed by atoms with Crippen molar-refractivity contribution in [1.82, 2.24) is 20.6 Å². The molecule has 28 heavy (non-hydrogen) atoms. The molecular weight excluding hydrogens is 362 g/mol. The number of aromatic amines is 1. The Morgan fingerprint density at radius 3 is 2.54 bits per heavy atom. The zero-order valence-corrected chi connectivity index (χ0v) is 15.8. The number of carbonyl (C=O) groups excluding carboxylic acids is 1. The third-order valence-corrected chi connectivity index (χ3v) is 4.25. The summed E-state index contributed by atoms with van der Waals surface area (Å²) in [5.74, 6) is 1.27. The monoisotopic (exact) mass is 383 g/mol. The summed E-state index contributed by atoms with van der Waals surface area (Å²) in [6.07, 6.45) is 0.322. The summed E-state index contributed by atoms with van der Waals surface area (Å²) in [5.41, 5.74) is 1.43. The normalized spacial score (nSPS) is 11.5. The Bertz CT molecular complexity index is 930. The van der Waals surface area contributed by atoms with Crippen molar-refractivity contribution in [2.75, 3.05) is 26.6 Å². The van der Waals surface area contributed by atoms with Crippen molar-refractivity contribution in [2.45, 2.75) is 12.3 Å². The van der Waals surface area contributed by atoms with Gasteiger partial charge in [-0.15, -0.1) is 10.2 Å². The third kappa shape index (κ3) is 4.37. The fraction of sp³-hybridized carbons (Fsp3) is 0.263. The van der Waals surface area contributed by atoms with Crippen LogP contribution in [-0.2, 0) is 11.2 Å². The average Bonchev–Trinajstić information content (AvgIpc) is 3.26. The second kappa shape index (κ2) is 8.85. The van der Waals surface area contributed by atoms with E-state index in [2.05, 4.69) is 25.9 Å². The maximum atomic E-state index is 13.0. The molecule has 2 aromatic carbocycles. The summed E-state index contributed by atoms with van der Waals surface area (Å²) in [6, 6.07) is 12.5. The molecule has 1 atom stereocenters. The number of ether oxygens (including phenoxy) is 3. The molecule has 0 radical (unpaired) electrons. The first kappa shape index (κ1) is 19.2. The van der Waals surface area contributed by atoms with Gasteiger partial charge in [0.15, 0.2) is 5.82 Å². The van der Waals surface area contributed by atoms with E-state index in [9.17, 15) is 4.79 Å². The van der Waals surface area contributed by atoms with Crippen molar-refractivity contribution in [2.24, 2.45) is 0 Å². The van der Waals surface area contributed by atoms with E-state index in [0.717, 1.165) is 5.56 Å². The molecule has 3 rings (SSSR count). The Kier molecular flexibility index (Phi) is 6.05. The van der Waals surface area contributed by atoms with Gasteiger partial charge in [-0.1, -0.05) is 17.3 Å². The second-order valence-electron chi connectivity index (χ2n) is 5.93. The Hall–Kier alpha value is -3.62. The largest absolute Gasteiger partial charge is 0.497 e. The summed E-state index contributed by atoms with van der Waals surface area (Å²) in [5, 5.41) is 16.9. The molecule has 3 aromatic rings. The summed E-state index contributed by atoms with van der Waals surface area (Å²) >= 11 is 0. The van der Waals surface area contributed by atoms with Gasteiger partial charge < -0.3 is 19.5 Å². The lowest BCUT2D eigenvalue weighted by Gasteiger charge is -2.16. The SMILES string of the molecule is COc1cccc(NC(=O)[C@H](Cc2ccc(OC)cc2OC)c2nn[nH]n2)c1. The van der Waals surface area contributed by atoms with E-state index in [1.54, 1.807) is 51.7 Å². The van der Waals surface area contributed by atoms with Gasteiger partial charge in [0, 0.05) is 17.8 Å². The van der Waals surface area contributed by atoms with Gasteiger partial charge in [0.1, 0.15) is 23.2 Å². The smallest absolute Gasteiger partial charge is 0.235 e. The first-order valence-corrected chi connectivity index (χ1v) is 8.53. The number of tetrazole rings is 1. The Balaban J connectivity index is 1.87. The maximum Gasteiger partial charge on any atom is 0.235 e. The Labute approximate surface area is 162 Å². The lowest BCUT2D eigenvalue weighted by atomic mass is 9.96. The Morgan fingerprint density at radius 2 is 1.86 bits per heavy atom. The van der Waals surface area contributed by atoms with Crippen molar-refractivity contribution < 1.29 is 19.0 Å². The van der Waals surface area contributed by atoms with E-state index in [1.807, 2.05) is 12.1 Å². The Morgan fingerprint density at radius 1 is 1.07 bits per heavy atom. The molecule has 0 fully saturated rings. The molecule has 0 aliphatic carbocycles. The molecule has 0 saturated heterocycles. The van der Waals surface area contributed by atoms with E-state index in [0.29, 0.717) is 35.2 Å². The molecule has 146 valence electrons. The van der Waals surface area contributed by atoms with Crippen LogP contribution in [0.25, 0.3) is 0 Å². The maximum absolute atomic E-state index is 13.0. The highest BCUT2D eigenvalue weighted by atomic mass is 16.5. The number of nitrogens with one attached hydrogen (secondary N) is 2. The number of aromatic nitrogens is 4. The fourth-order valence-electron chi connectivity index (χ4n) is 2.79. The van der Waals surface area contributed by atoms with Gasteiger partial charge >= 0.3 is 0 Å². The van der Waals surface area contributed by atoms with E-state index in [-0.39, 0.29) is 5.91 Å². The van der Waals surface area contributed by atoms with Crippen LogP contribution in [0.2, 0.25) is 0 Å². The van der Waals surface area contributed by atoms with Crippen molar-refractivity contribution in [1.29, 1.82) is 0 Å². The van der Waals surface area contributed by atoms with Crippen molar-refractivity contribution in [3.05, 3.63) is 53.9 Å². The van der Waals surface area contributed by atoms with Gasteiger partial charge in [0.05, 0.1) is 21.3 Å². The molecule has 0 aliphatic rings. The molecule has 0 aliphatic heterocycles. The number of methoxy groups -OCH3 is 3. The average molecular weight is 383 g/mol. The summed E-state index contributed by atoms with van der Waals surface area (Å²) in [7, 11) is 4.72. The first-order chi connectivity index (χ1) is 13.6. The highest BCUT2D eigenvalue weighted by molar-refractivity contribution is 5.95. The van der Waals surface area contributed by atoms with Crippen LogP contribution >= 0.6 is 0 Å². The molecule has 9 heteroatoms. The number of hydrogen-bond acceptors (Lipinski definition) is 7. The van der Waals surface area contributed by atoms with Crippen LogP contribution in [0.3, 0.4) is 0 Å². The number of benzene rings is 2. The number of nitrogens with zero attached hydrogens (tertiary/aromatic N) is 3. The van der Waals surface area contributed by atoms with Gasteiger partial charge in [-0.25, -0.2) is 0 Å². The second-order valence-corrected chi connectivity index (χ2v) is 5.93. The molecule has 0 spiro atoms. The highest BCUT2D eigenvalue weighted by Gasteiger charge is 2.27. The van der Waals surface area contributed by atoms with E-state index >= 15 is 0 Å². The number of H-pyrrole nitrogens is 1. The lowest BCUT2D eigenvalue weighted by Crippen LogP contribution is -2.24. The minimum Gasteiger partial charge on any atom is -0.497 e. The number of anilines is 1. The van der Waals surface area contributed by atoms with E-state index in [4.69, 9.17) is 14.2 Å². The van der Waals surface area contributed by atoms with Crippen molar-refractivity contribution in [3.63, 3.8) is 0 Å². The third-order valence-electron chi connectivity index (χ3n) is 4.25. The van der Waals surface area contributed by atoms with Crippen LogP contribution < -0.4 is 19.5 Å². The summed E-state index contributed by atoms with van der Waals surface area (Å²) < 4.78 is 15.9. The fourth-order valence-corrected chi connectivity index (χ4v) is 2.79. The molecule has 9 nitrogen and oxygen atoms in total. The number of hydrogen-bond donors (Lipinski definition) is 2. The molecule has 0 unspecified atom stereocenters. The van der Waals surface area contributed by atoms with Gasteiger partial charge in [0.25, 0.3) is 0 Å². The predicted molar refractivity (Wildman–Crippen MR) is 102 cm³/mol. The first-order valence-electron chi connectivity index (χ1n) is 8.53. The molecule has 0 bridgehead atoms. The zero-order valence-electron chi connectivity index (χ0n) is 15.8. The number of rotatable bonds is 8. The molecular formula is C19H21N5O4. The van der Waals surface area contributed by atoms with Crippen molar-refractivity contribution in [3.8, 4) is 17.2 Å². The van der Waals surface area contributed by atoms with Gasteiger partial charge in [0.2, 0.25) is 5.91 Å². The van der Waals surface area contributed by atoms with Gasteiger partial charge in [-0.2, -0.15) is 5.21 Å². The minimum atomic E-state index is -0.674. The number of carbonyl (C=O) groups is 1. The summed E-state index contributed by atoms with van der Waals surface area (Å²) in [4.78, 5) is 13.0. The molecule has 1 amide bonds. The predicted octanol–water partition coefficient (Wildman–Crippen LogP) is 2.19. The summed E-state index contributed by atoms with van der Waals surface area (Å²) in [6.45, 7) is 0. The van der Waals surface area contributed by atoms with Crippen LogP contribution in [-0.4, -0.2) is 47.9 Å². The quantitative estimate of drug-likeness (QED) is 0.613. The molecule has 2 N–H and O–H groups in total.